The van der Waals surface area contributed by atoms with E-state index in [1.54, 1.807) is 12.1 Å². The highest BCUT2D eigenvalue weighted by Crippen LogP contribution is 2.20. The third-order valence-electron chi connectivity index (χ3n) is 4.61. The van der Waals surface area contributed by atoms with Gasteiger partial charge in [-0.1, -0.05) is 11.2 Å². The third kappa shape index (κ3) is 4.18. The summed E-state index contributed by atoms with van der Waals surface area (Å²) < 4.78 is 30.5. The number of hydrogen-bond acceptors (Lipinski definition) is 7. The van der Waals surface area contributed by atoms with Gasteiger partial charge in [0.25, 0.3) is 0 Å². The van der Waals surface area contributed by atoms with Gasteiger partial charge < -0.3 is 14.8 Å². The zero-order chi connectivity index (χ0) is 22.2. The first-order valence-electron chi connectivity index (χ1n) is 9.34. The summed E-state index contributed by atoms with van der Waals surface area (Å²) in [6.45, 7) is 2.16. The Bertz CT molecular complexity index is 1360. The lowest BCUT2D eigenvalue weighted by atomic mass is 10.2. The highest BCUT2D eigenvalue weighted by molar-refractivity contribution is 7.89. The first-order chi connectivity index (χ1) is 14.7. The molecule has 0 saturated heterocycles. The van der Waals surface area contributed by atoms with Crippen LogP contribution in [0.1, 0.15) is 22.1 Å². The molecule has 0 spiro atoms. The van der Waals surface area contributed by atoms with Crippen molar-refractivity contribution in [3.8, 4) is 11.4 Å². The fourth-order valence-electron chi connectivity index (χ4n) is 2.92. The summed E-state index contributed by atoms with van der Waals surface area (Å²) in [6.07, 6.45) is 0. The second kappa shape index (κ2) is 7.93. The lowest BCUT2D eigenvalue weighted by Crippen LogP contribution is -2.23. The van der Waals surface area contributed by atoms with Gasteiger partial charge in [0.1, 0.15) is 5.82 Å². The van der Waals surface area contributed by atoms with Gasteiger partial charge in [-0.2, -0.15) is 4.98 Å². The van der Waals surface area contributed by atoms with Crippen molar-refractivity contribution < 1.29 is 17.7 Å². The largest absolute Gasteiger partial charge is 0.341 e. The van der Waals surface area contributed by atoms with Crippen molar-refractivity contribution >= 4 is 27.0 Å². The molecule has 160 valence electrons. The SMILES string of the molecule is Cc1ccc2nc(CNC(=O)c3nc(-c4ccc(S(=O)(=O)N(C)C)cc4)no3)[nH]c2c1. The van der Waals surface area contributed by atoms with Crippen LogP contribution in [0.5, 0.6) is 0 Å². The number of nitrogens with one attached hydrogen (secondary N) is 2. The third-order valence-corrected chi connectivity index (χ3v) is 6.44. The minimum atomic E-state index is -3.53. The van der Waals surface area contributed by atoms with Crippen LogP contribution in [-0.2, 0) is 16.6 Å². The van der Waals surface area contributed by atoms with Crippen LogP contribution in [0.4, 0.5) is 0 Å². The van der Waals surface area contributed by atoms with Crippen LogP contribution in [0.2, 0.25) is 0 Å². The molecule has 10 nitrogen and oxygen atoms in total. The molecule has 2 aromatic carbocycles. The van der Waals surface area contributed by atoms with Crippen molar-refractivity contribution in [1.82, 2.24) is 29.7 Å². The van der Waals surface area contributed by atoms with Gasteiger partial charge in [0.05, 0.1) is 22.5 Å². The minimum Gasteiger partial charge on any atom is -0.341 e. The molecule has 2 N–H and O–H groups in total. The Morgan fingerprint density at radius 3 is 2.58 bits per heavy atom. The highest BCUT2D eigenvalue weighted by atomic mass is 32.2. The average molecular weight is 440 g/mol. The molecular weight excluding hydrogens is 420 g/mol. The second-order valence-electron chi connectivity index (χ2n) is 7.12. The molecule has 1 amide bonds. The van der Waals surface area contributed by atoms with Gasteiger partial charge >= 0.3 is 11.8 Å². The van der Waals surface area contributed by atoms with Crippen LogP contribution < -0.4 is 5.32 Å². The number of nitrogens with zero attached hydrogens (tertiary/aromatic N) is 4. The number of hydrogen-bond donors (Lipinski definition) is 2. The Kier molecular flexibility index (Phi) is 5.29. The number of carbonyl (C=O) groups excluding carboxylic acids is 1. The molecule has 4 aromatic rings. The number of imidazole rings is 1. The zero-order valence-electron chi connectivity index (χ0n) is 17.1. The lowest BCUT2D eigenvalue weighted by Gasteiger charge is -2.11. The summed E-state index contributed by atoms with van der Waals surface area (Å²) >= 11 is 0. The van der Waals surface area contributed by atoms with Crippen molar-refractivity contribution in [3.05, 3.63) is 59.7 Å². The minimum absolute atomic E-state index is 0.142. The predicted octanol–water partition coefficient (Wildman–Crippen LogP) is 2.10. The molecule has 0 aliphatic rings. The molecule has 4 rings (SSSR count). The standard InChI is InChI=1S/C20H20N6O4S/c1-12-4-9-15-16(10-12)23-17(22-15)11-21-19(27)20-24-18(25-30-20)13-5-7-14(8-6-13)31(28,29)26(2)3/h4-10H,11H2,1-3H3,(H,21,27)(H,22,23). The summed E-state index contributed by atoms with van der Waals surface area (Å²) in [6, 6.07) is 11.9. The maximum absolute atomic E-state index is 12.4. The summed E-state index contributed by atoms with van der Waals surface area (Å²) in [4.78, 5) is 24.2. The number of aromatic nitrogens is 4. The zero-order valence-corrected chi connectivity index (χ0v) is 17.9. The number of carbonyl (C=O) groups is 1. The van der Waals surface area contributed by atoms with E-state index in [1.165, 1.54) is 26.2 Å². The van der Waals surface area contributed by atoms with Crippen molar-refractivity contribution in [2.75, 3.05) is 14.1 Å². The monoisotopic (exact) mass is 440 g/mol. The van der Waals surface area contributed by atoms with E-state index in [4.69, 9.17) is 4.52 Å². The summed E-state index contributed by atoms with van der Waals surface area (Å²) in [5, 5.41) is 6.49. The fourth-order valence-corrected chi connectivity index (χ4v) is 3.82. The van der Waals surface area contributed by atoms with Gasteiger partial charge in [-0.3, -0.25) is 4.79 Å². The fraction of sp³-hybridized carbons (Fsp3) is 0.200. The van der Waals surface area contributed by atoms with Crippen LogP contribution in [-0.4, -0.2) is 52.8 Å². The molecule has 0 atom stereocenters. The highest BCUT2D eigenvalue weighted by Gasteiger charge is 2.19. The predicted molar refractivity (Wildman–Crippen MR) is 113 cm³/mol. The van der Waals surface area contributed by atoms with Crippen molar-refractivity contribution in [3.63, 3.8) is 0 Å². The molecule has 0 aliphatic heterocycles. The van der Waals surface area contributed by atoms with Crippen molar-refractivity contribution in [1.29, 1.82) is 0 Å². The number of amides is 1. The number of fused-ring (bicyclic) bond motifs is 1. The summed E-state index contributed by atoms with van der Waals surface area (Å²) in [5.74, 6) is 0.0404. The molecular formula is C20H20N6O4S. The van der Waals surface area contributed by atoms with E-state index in [-0.39, 0.29) is 23.2 Å². The summed E-state index contributed by atoms with van der Waals surface area (Å²) in [5.41, 5.74) is 3.34. The van der Waals surface area contributed by atoms with Crippen LogP contribution in [0.3, 0.4) is 0 Å². The normalized spacial score (nSPS) is 11.9. The maximum atomic E-state index is 12.4. The van der Waals surface area contributed by atoms with Crippen LogP contribution in [0.25, 0.3) is 22.4 Å². The first kappa shape index (κ1) is 20.7. The average Bonchev–Trinajstić information content (AvgIpc) is 3.39. The smallest absolute Gasteiger partial charge is 0.316 e. The van der Waals surface area contributed by atoms with E-state index in [0.717, 1.165) is 20.9 Å². The van der Waals surface area contributed by atoms with Crippen LogP contribution >= 0.6 is 0 Å². The Hall–Kier alpha value is -3.57. The van der Waals surface area contributed by atoms with E-state index < -0.39 is 15.9 Å². The van der Waals surface area contributed by atoms with E-state index in [0.29, 0.717) is 11.4 Å². The Balaban J connectivity index is 1.44. The van der Waals surface area contributed by atoms with Gasteiger partial charge in [0.2, 0.25) is 15.8 Å². The first-order valence-corrected chi connectivity index (χ1v) is 10.8. The van der Waals surface area contributed by atoms with Gasteiger partial charge in [-0.05, 0) is 48.9 Å². The molecule has 11 heteroatoms. The Morgan fingerprint density at radius 2 is 1.87 bits per heavy atom. The number of aromatic amines is 1. The number of rotatable bonds is 6. The maximum Gasteiger partial charge on any atom is 0.316 e. The Morgan fingerprint density at radius 1 is 1.13 bits per heavy atom. The van der Waals surface area contributed by atoms with Crippen molar-refractivity contribution in [2.24, 2.45) is 0 Å². The van der Waals surface area contributed by atoms with Gasteiger partial charge in [-0.15, -0.1) is 0 Å². The topological polar surface area (TPSA) is 134 Å². The lowest BCUT2D eigenvalue weighted by molar-refractivity contribution is 0.0906. The molecule has 2 heterocycles. The molecule has 0 fully saturated rings. The molecule has 0 aliphatic carbocycles. The van der Waals surface area contributed by atoms with E-state index in [9.17, 15) is 13.2 Å². The molecule has 0 radical (unpaired) electrons. The number of benzene rings is 2. The van der Waals surface area contributed by atoms with E-state index in [1.807, 2.05) is 25.1 Å². The number of sulfonamides is 1. The molecule has 0 unspecified atom stereocenters. The second-order valence-corrected chi connectivity index (χ2v) is 9.27. The van der Waals surface area contributed by atoms with Crippen molar-refractivity contribution in [2.45, 2.75) is 18.4 Å². The van der Waals surface area contributed by atoms with E-state index >= 15 is 0 Å². The van der Waals surface area contributed by atoms with Gasteiger partial charge in [0.15, 0.2) is 0 Å². The quantitative estimate of drug-likeness (QED) is 0.469. The van der Waals surface area contributed by atoms with Gasteiger partial charge in [0, 0.05) is 19.7 Å². The van der Waals surface area contributed by atoms with Gasteiger partial charge in [-0.25, -0.2) is 17.7 Å². The molecule has 0 saturated carbocycles. The summed E-state index contributed by atoms with van der Waals surface area (Å²) in [7, 11) is -0.618. The van der Waals surface area contributed by atoms with Crippen LogP contribution in [0.15, 0.2) is 51.9 Å². The number of H-pyrrole nitrogens is 1. The van der Waals surface area contributed by atoms with E-state index in [2.05, 4.69) is 25.4 Å². The Labute approximate surface area is 178 Å². The molecule has 2 aromatic heterocycles. The molecule has 31 heavy (non-hydrogen) atoms. The van der Waals surface area contributed by atoms with Crippen LogP contribution in [0, 0.1) is 6.92 Å². The number of aryl methyl sites for hydroxylation is 1. The molecule has 0 bridgehead atoms.